The summed E-state index contributed by atoms with van der Waals surface area (Å²) >= 11 is 0. The summed E-state index contributed by atoms with van der Waals surface area (Å²) in [7, 11) is -8.17. The second-order valence-corrected chi connectivity index (χ2v) is 10.5. The predicted molar refractivity (Wildman–Crippen MR) is 98.4 cm³/mol. The molecule has 1 aliphatic rings. The number of hydrogen-bond donors (Lipinski definition) is 1. The van der Waals surface area contributed by atoms with Gasteiger partial charge in [-0.15, -0.1) is 6.58 Å². The lowest BCUT2D eigenvalue weighted by Gasteiger charge is -2.22. The maximum absolute atomic E-state index is 12.6. The fourth-order valence-corrected chi connectivity index (χ4v) is 6.55. The Balaban J connectivity index is 2.06. The van der Waals surface area contributed by atoms with Gasteiger partial charge in [0.05, 0.1) is 6.61 Å². The molecule has 0 amide bonds. The molecule has 8 heteroatoms. The Labute approximate surface area is 150 Å². The van der Waals surface area contributed by atoms with Gasteiger partial charge in [0.2, 0.25) is 0 Å². The first-order valence-corrected chi connectivity index (χ1v) is 11.5. The van der Waals surface area contributed by atoms with Crippen molar-refractivity contribution < 1.29 is 21.0 Å². The quantitative estimate of drug-likeness (QED) is 0.542. The van der Waals surface area contributed by atoms with Gasteiger partial charge in [-0.05, 0) is 37.8 Å². The molecule has 1 saturated heterocycles. The molecule has 1 aliphatic heterocycles. The number of sulfone groups is 1. The van der Waals surface area contributed by atoms with Crippen LogP contribution in [-0.2, 0) is 24.1 Å². The first-order chi connectivity index (χ1) is 11.7. The van der Waals surface area contributed by atoms with Crippen LogP contribution in [0.2, 0.25) is 0 Å². The van der Waals surface area contributed by atoms with Crippen LogP contribution in [0, 0.1) is 12.8 Å². The van der Waals surface area contributed by atoms with Crippen LogP contribution in [0.3, 0.4) is 0 Å². The summed E-state index contributed by atoms with van der Waals surface area (Å²) in [6, 6.07) is 6.89. The summed E-state index contributed by atoms with van der Waals surface area (Å²) in [5.41, 5.74) is 1.48. The number of hydrogen-bond acceptors (Lipinski definition) is 6. The van der Waals surface area contributed by atoms with Crippen LogP contribution in [0.25, 0.3) is 0 Å². The highest BCUT2D eigenvalue weighted by atomic mass is 32.3. The Bertz CT molecular complexity index is 779. The van der Waals surface area contributed by atoms with E-state index in [1.54, 1.807) is 24.3 Å². The van der Waals surface area contributed by atoms with Crippen molar-refractivity contribution in [1.82, 2.24) is 5.32 Å². The fraction of sp³-hybridized carbons (Fsp3) is 0.529. The monoisotopic (exact) mass is 387 g/mol. The highest BCUT2D eigenvalue weighted by molar-refractivity contribution is 8.06. The Hall–Kier alpha value is -1.22. The van der Waals surface area contributed by atoms with Crippen LogP contribution in [0.5, 0.6) is 0 Å². The van der Waals surface area contributed by atoms with Gasteiger partial charge < -0.3 is 5.32 Å². The van der Waals surface area contributed by atoms with E-state index in [0.29, 0.717) is 12.1 Å². The van der Waals surface area contributed by atoms with E-state index < -0.39 is 30.3 Å². The van der Waals surface area contributed by atoms with Crippen molar-refractivity contribution in [3.63, 3.8) is 0 Å². The lowest BCUT2D eigenvalue weighted by Crippen LogP contribution is -2.33. The molecule has 0 aliphatic carbocycles. The first kappa shape index (κ1) is 20.1. The summed E-state index contributed by atoms with van der Waals surface area (Å²) in [6.07, 6.45) is 3.08. The van der Waals surface area contributed by atoms with E-state index >= 15 is 0 Å². The summed E-state index contributed by atoms with van der Waals surface area (Å²) < 4.78 is 54.4. The summed E-state index contributed by atoms with van der Waals surface area (Å²) in [5, 5.41) is 1.03. The van der Waals surface area contributed by atoms with Gasteiger partial charge >= 0.3 is 0 Å². The summed E-state index contributed by atoms with van der Waals surface area (Å²) in [4.78, 5) is 0. The highest BCUT2D eigenvalue weighted by Gasteiger charge is 2.31. The molecule has 1 fully saturated rings. The minimum Gasteiger partial charge on any atom is -0.316 e. The van der Waals surface area contributed by atoms with E-state index in [2.05, 4.69) is 11.9 Å². The highest BCUT2D eigenvalue weighted by Crippen LogP contribution is 2.26. The number of piperidine rings is 1. The van der Waals surface area contributed by atoms with Crippen molar-refractivity contribution in [1.29, 1.82) is 0 Å². The molecule has 0 aromatic heterocycles. The van der Waals surface area contributed by atoms with E-state index in [-0.39, 0.29) is 12.5 Å². The molecule has 2 atom stereocenters. The standard InChI is InChI=1S/C17H25NO5S2/c1-3-17(16-8-6-14(2)7-9-16)24(19,20)13-25(21,22)23-12-15-5-4-10-18-11-15/h3,6-9,15,17-18H,1,4-5,10-13H2,2H3. The second kappa shape index (κ2) is 8.44. The van der Waals surface area contributed by atoms with Crippen LogP contribution in [-0.4, -0.2) is 41.6 Å². The Kier molecular flexibility index (Phi) is 6.79. The van der Waals surface area contributed by atoms with Crippen molar-refractivity contribution >= 4 is 20.0 Å². The normalized spacial score (nSPS) is 20.1. The molecule has 140 valence electrons. The van der Waals surface area contributed by atoms with Gasteiger partial charge in [-0.2, -0.15) is 8.42 Å². The molecular formula is C17H25NO5S2. The molecule has 1 heterocycles. The Morgan fingerprint density at radius 2 is 1.96 bits per heavy atom. The minimum atomic E-state index is -4.17. The molecule has 6 nitrogen and oxygen atoms in total. The van der Waals surface area contributed by atoms with Crippen molar-refractivity contribution in [2.24, 2.45) is 5.92 Å². The van der Waals surface area contributed by atoms with Gasteiger partial charge in [-0.1, -0.05) is 35.9 Å². The summed E-state index contributed by atoms with van der Waals surface area (Å²) in [6.45, 7) is 7.04. The molecule has 1 N–H and O–H groups in total. The Morgan fingerprint density at radius 3 is 2.52 bits per heavy atom. The van der Waals surface area contributed by atoms with E-state index in [9.17, 15) is 16.8 Å². The van der Waals surface area contributed by atoms with Crippen molar-refractivity contribution in [3.05, 3.63) is 48.0 Å². The van der Waals surface area contributed by atoms with Crippen LogP contribution >= 0.6 is 0 Å². The van der Waals surface area contributed by atoms with Gasteiger partial charge in [0.15, 0.2) is 14.9 Å². The predicted octanol–water partition coefficient (Wildman–Crippen LogP) is 1.94. The topological polar surface area (TPSA) is 89.5 Å². The van der Waals surface area contributed by atoms with Gasteiger partial charge in [0, 0.05) is 6.54 Å². The van der Waals surface area contributed by atoms with E-state index in [1.807, 2.05) is 6.92 Å². The second-order valence-electron chi connectivity index (χ2n) is 6.40. The molecule has 1 aromatic rings. The van der Waals surface area contributed by atoms with E-state index in [4.69, 9.17) is 4.18 Å². The van der Waals surface area contributed by atoms with Crippen LogP contribution in [0.4, 0.5) is 0 Å². The van der Waals surface area contributed by atoms with E-state index in [1.165, 1.54) is 6.08 Å². The van der Waals surface area contributed by atoms with Gasteiger partial charge in [0.25, 0.3) is 10.1 Å². The zero-order valence-corrected chi connectivity index (χ0v) is 16.0. The van der Waals surface area contributed by atoms with Crippen LogP contribution < -0.4 is 5.32 Å². The number of benzene rings is 1. The first-order valence-electron chi connectivity index (χ1n) is 8.22. The van der Waals surface area contributed by atoms with Gasteiger partial charge in [0.1, 0.15) is 5.25 Å². The Morgan fingerprint density at radius 1 is 1.28 bits per heavy atom. The molecular weight excluding hydrogens is 362 g/mol. The SMILES string of the molecule is C=CC(c1ccc(C)cc1)S(=O)(=O)CS(=O)(=O)OCC1CCCNC1. The fourth-order valence-electron chi connectivity index (χ4n) is 2.82. The van der Waals surface area contributed by atoms with Crippen molar-refractivity contribution in [2.45, 2.75) is 25.0 Å². The largest absolute Gasteiger partial charge is 0.316 e. The molecule has 0 bridgehead atoms. The van der Waals surface area contributed by atoms with Crippen LogP contribution in [0.15, 0.2) is 36.9 Å². The zero-order chi connectivity index (χ0) is 18.5. The van der Waals surface area contributed by atoms with Crippen molar-refractivity contribution in [2.75, 3.05) is 24.8 Å². The maximum Gasteiger partial charge on any atom is 0.281 e. The van der Waals surface area contributed by atoms with E-state index in [0.717, 1.165) is 24.9 Å². The lowest BCUT2D eigenvalue weighted by atomic mass is 10.0. The average molecular weight is 388 g/mol. The summed E-state index contributed by atoms with van der Waals surface area (Å²) in [5.74, 6) is 0.0820. The number of nitrogens with one attached hydrogen (secondary N) is 1. The minimum absolute atomic E-state index is 0.00808. The molecule has 2 rings (SSSR count). The molecule has 25 heavy (non-hydrogen) atoms. The molecule has 1 aromatic carbocycles. The smallest absolute Gasteiger partial charge is 0.281 e. The third-order valence-corrected chi connectivity index (χ3v) is 8.40. The third kappa shape index (κ3) is 5.91. The van der Waals surface area contributed by atoms with Crippen LogP contribution in [0.1, 0.15) is 29.2 Å². The maximum atomic E-state index is 12.6. The molecule has 2 unspecified atom stereocenters. The lowest BCUT2D eigenvalue weighted by molar-refractivity contribution is 0.224. The number of rotatable bonds is 8. The molecule has 0 radical (unpaired) electrons. The zero-order valence-electron chi connectivity index (χ0n) is 14.3. The molecule has 0 saturated carbocycles. The average Bonchev–Trinajstić information content (AvgIpc) is 2.55. The van der Waals surface area contributed by atoms with Crippen molar-refractivity contribution in [3.8, 4) is 0 Å². The number of aryl methyl sites for hydroxylation is 1. The molecule has 0 spiro atoms. The third-order valence-electron chi connectivity index (χ3n) is 4.20. The van der Waals surface area contributed by atoms with Gasteiger partial charge in [-0.25, -0.2) is 8.42 Å². The van der Waals surface area contributed by atoms with Gasteiger partial charge in [-0.3, -0.25) is 4.18 Å².